The predicted octanol–water partition coefficient (Wildman–Crippen LogP) is 7.43. The molecule has 1 aromatic heterocycles. The van der Waals surface area contributed by atoms with Crippen molar-refractivity contribution in [1.82, 2.24) is 19.8 Å². The van der Waals surface area contributed by atoms with Crippen molar-refractivity contribution in [3.05, 3.63) is 52.7 Å². The van der Waals surface area contributed by atoms with Gasteiger partial charge in [0.05, 0.1) is 36.5 Å². The zero-order valence-corrected chi connectivity index (χ0v) is 30.3. The van der Waals surface area contributed by atoms with Crippen LogP contribution in [0, 0.1) is 5.92 Å². The number of ether oxygens (including phenoxy) is 2. The first-order chi connectivity index (χ1) is 22.5. The molecule has 3 saturated heterocycles. The maximum Gasteiger partial charge on any atom is 0.410 e. The first-order valence-electron chi connectivity index (χ1n) is 17.3. The number of rotatable bonds is 3. The summed E-state index contributed by atoms with van der Waals surface area (Å²) >= 11 is 6.65. The number of aromatic nitrogens is 2. The van der Waals surface area contributed by atoms with Crippen molar-refractivity contribution in [2.24, 2.45) is 5.92 Å². The highest BCUT2D eigenvalue weighted by Gasteiger charge is 2.49. The molecule has 47 heavy (non-hydrogen) atoms. The van der Waals surface area contributed by atoms with E-state index in [0.29, 0.717) is 25.0 Å². The van der Waals surface area contributed by atoms with Crippen molar-refractivity contribution in [2.45, 2.75) is 91.5 Å². The van der Waals surface area contributed by atoms with E-state index in [0.717, 1.165) is 64.5 Å². The average Bonchev–Trinajstić information content (AvgIpc) is 3.61. The summed E-state index contributed by atoms with van der Waals surface area (Å²) in [4.78, 5) is 31.8. The van der Waals surface area contributed by atoms with Crippen LogP contribution in [0.3, 0.4) is 0 Å². The van der Waals surface area contributed by atoms with E-state index in [9.17, 15) is 4.79 Å². The molecule has 1 unspecified atom stereocenters. The maximum absolute atomic E-state index is 13.1. The highest BCUT2D eigenvalue weighted by Crippen LogP contribution is 2.40. The topological polar surface area (TPSA) is 74.3 Å². The molecule has 9 nitrogen and oxygen atoms in total. The molecule has 3 fully saturated rings. The summed E-state index contributed by atoms with van der Waals surface area (Å²) in [5.41, 5.74) is 2.73. The van der Waals surface area contributed by atoms with Gasteiger partial charge in [-0.2, -0.15) is 9.97 Å². The van der Waals surface area contributed by atoms with Crippen molar-refractivity contribution in [3.63, 3.8) is 0 Å². The van der Waals surface area contributed by atoms with Gasteiger partial charge in [-0.1, -0.05) is 56.6 Å². The lowest BCUT2D eigenvalue weighted by Crippen LogP contribution is -2.58. The summed E-state index contributed by atoms with van der Waals surface area (Å²) in [6, 6.07) is 12.9. The smallest absolute Gasteiger partial charge is 0.410 e. The maximum atomic E-state index is 13.1. The van der Waals surface area contributed by atoms with Crippen molar-refractivity contribution in [1.29, 1.82) is 0 Å². The SMILES string of the molecule is CC.CN1CCCC1.COc1nc2c(c(N3CC4C[C@H](C)[C@@H](C3)N4C(=O)OC(C)(C)C)n1)CCN(c1cccc3cccc(Cl)c13)C2. The molecule has 3 atom stereocenters. The van der Waals surface area contributed by atoms with Gasteiger partial charge >= 0.3 is 12.1 Å². The van der Waals surface area contributed by atoms with Crippen molar-refractivity contribution in [2.75, 3.05) is 56.7 Å². The Bertz CT molecular complexity index is 1530. The molecule has 256 valence electrons. The summed E-state index contributed by atoms with van der Waals surface area (Å²) in [7, 11) is 3.79. The number of amides is 1. The summed E-state index contributed by atoms with van der Waals surface area (Å²) in [5, 5.41) is 2.94. The molecule has 0 saturated carbocycles. The normalized spacial score (nSPS) is 22.2. The minimum absolute atomic E-state index is 0.0770. The molecule has 0 radical (unpaired) electrons. The zero-order valence-electron chi connectivity index (χ0n) is 29.6. The molecule has 4 aliphatic rings. The van der Waals surface area contributed by atoms with Crippen LogP contribution >= 0.6 is 11.6 Å². The Hall–Kier alpha value is -3.30. The fourth-order valence-electron chi connectivity index (χ4n) is 7.36. The van der Waals surface area contributed by atoms with Crippen LogP contribution in [-0.2, 0) is 17.7 Å². The monoisotopic (exact) mass is 664 g/mol. The highest BCUT2D eigenvalue weighted by molar-refractivity contribution is 6.36. The number of hydrogen-bond acceptors (Lipinski definition) is 8. The Morgan fingerprint density at radius 2 is 1.68 bits per heavy atom. The zero-order chi connectivity index (χ0) is 33.9. The highest BCUT2D eigenvalue weighted by atomic mass is 35.5. The Morgan fingerprint density at radius 3 is 2.30 bits per heavy atom. The molecule has 7 rings (SSSR count). The number of nitrogens with zero attached hydrogens (tertiary/aromatic N) is 6. The first kappa shape index (κ1) is 35.0. The molecule has 0 spiro atoms. The second kappa shape index (κ2) is 14.9. The molecule has 0 aliphatic carbocycles. The summed E-state index contributed by atoms with van der Waals surface area (Å²) < 4.78 is 11.3. The van der Waals surface area contributed by atoms with Crippen LogP contribution in [0.4, 0.5) is 16.3 Å². The lowest BCUT2D eigenvalue weighted by molar-refractivity contribution is 0.0107. The third-order valence-electron chi connectivity index (χ3n) is 9.50. The molecule has 3 aromatic rings. The number of benzene rings is 2. The van der Waals surface area contributed by atoms with E-state index < -0.39 is 5.60 Å². The molecule has 10 heteroatoms. The van der Waals surface area contributed by atoms with Gasteiger partial charge in [0, 0.05) is 36.3 Å². The predicted molar refractivity (Wildman–Crippen MR) is 192 cm³/mol. The van der Waals surface area contributed by atoms with Crippen LogP contribution < -0.4 is 14.5 Å². The third kappa shape index (κ3) is 7.72. The van der Waals surface area contributed by atoms with Crippen molar-refractivity contribution in [3.8, 4) is 6.01 Å². The number of carbonyl (C=O) groups is 1. The largest absolute Gasteiger partial charge is 0.467 e. The summed E-state index contributed by atoms with van der Waals surface area (Å²) in [5.74, 6) is 1.32. The summed E-state index contributed by atoms with van der Waals surface area (Å²) in [6.45, 7) is 17.5. The van der Waals surface area contributed by atoms with Gasteiger partial charge in [-0.15, -0.1) is 0 Å². The number of halogens is 1. The van der Waals surface area contributed by atoms with E-state index in [1.165, 1.54) is 25.9 Å². The van der Waals surface area contributed by atoms with E-state index >= 15 is 0 Å². The minimum atomic E-state index is -0.518. The van der Waals surface area contributed by atoms with Gasteiger partial charge in [0.25, 0.3) is 0 Å². The van der Waals surface area contributed by atoms with Gasteiger partial charge in [-0.3, -0.25) is 4.90 Å². The molecule has 2 aromatic carbocycles. The second-order valence-electron chi connectivity index (χ2n) is 14.0. The van der Waals surface area contributed by atoms with Gasteiger partial charge in [-0.05, 0) is 90.0 Å². The van der Waals surface area contributed by atoms with Crippen molar-refractivity contribution >= 4 is 40.0 Å². The molecule has 4 aliphatic heterocycles. The fourth-order valence-corrected chi connectivity index (χ4v) is 7.64. The van der Waals surface area contributed by atoms with E-state index in [-0.39, 0.29) is 18.2 Å². The molecular formula is C37H53ClN6O3. The van der Waals surface area contributed by atoms with Crippen LogP contribution in [0.2, 0.25) is 5.02 Å². The van der Waals surface area contributed by atoms with Crippen LogP contribution in [-0.4, -0.2) is 90.4 Å². The standard InChI is InChI=1S/C30H36ClN5O3.C5H11N.C2H6/c1-18-14-20-15-35(17-25(18)36(20)29(37)39-30(2,3)4)27-21-12-13-34(16-23(21)32-28(33-27)38-5)24-11-7-9-19-8-6-10-22(31)26(19)24;1-6-4-2-3-5-6;1-2/h6-11,18,20,25H,12-17H2,1-5H3;2-5H2,1H3;1-2H3/t18-,20?,25+;;/m0../s1. The second-order valence-corrected chi connectivity index (χ2v) is 14.4. The number of methoxy groups -OCH3 is 1. The van der Waals surface area contributed by atoms with Crippen LogP contribution in [0.15, 0.2) is 36.4 Å². The lowest BCUT2D eigenvalue weighted by Gasteiger charge is -2.43. The summed E-state index contributed by atoms with van der Waals surface area (Å²) in [6.07, 6.45) is 4.38. The number of anilines is 2. The Balaban J connectivity index is 0.000000482. The number of likely N-dealkylation sites (tertiary alicyclic amines) is 1. The molecule has 1 amide bonds. The Kier molecular flexibility index (Phi) is 11.1. The molecule has 0 N–H and O–H groups in total. The third-order valence-corrected chi connectivity index (χ3v) is 9.82. The number of carbonyl (C=O) groups excluding carboxylic acids is 1. The minimum Gasteiger partial charge on any atom is -0.467 e. The van der Waals surface area contributed by atoms with Crippen LogP contribution in [0.5, 0.6) is 6.01 Å². The van der Waals surface area contributed by atoms with E-state index in [1.807, 2.05) is 51.7 Å². The Labute approximate surface area is 286 Å². The van der Waals surface area contributed by atoms with Crippen LogP contribution in [0.25, 0.3) is 10.8 Å². The van der Waals surface area contributed by atoms with Crippen molar-refractivity contribution < 1.29 is 14.3 Å². The Morgan fingerprint density at radius 1 is 0.979 bits per heavy atom. The van der Waals surface area contributed by atoms with Gasteiger partial charge < -0.3 is 24.2 Å². The number of hydrogen-bond donors (Lipinski definition) is 0. The molecule has 2 bridgehead atoms. The number of fused-ring (bicyclic) bond motifs is 4. The van der Waals surface area contributed by atoms with E-state index in [2.05, 4.69) is 52.9 Å². The molecule has 5 heterocycles. The van der Waals surface area contributed by atoms with Gasteiger partial charge in [0.15, 0.2) is 0 Å². The molecular weight excluding hydrogens is 612 g/mol. The fraction of sp³-hybridized carbons (Fsp3) is 0.595. The quantitative estimate of drug-likeness (QED) is 0.286. The lowest BCUT2D eigenvalue weighted by atomic mass is 10.0. The van der Waals surface area contributed by atoms with Crippen LogP contribution in [0.1, 0.15) is 72.1 Å². The van der Waals surface area contributed by atoms with Gasteiger partial charge in [0.2, 0.25) is 0 Å². The van der Waals surface area contributed by atoms with Gasteiger partial charge in [0.1, 0.15) is 11.4 Å². The van der Waals surface area contributed by atoms with E-state index in [4.69, 9.17) is 31.0 Å². The number of piperazine rings is 1. The first-order valence-corrected chi connectivity index (χ1v) is 17.7. The van der Waals surface area contributed by atoms with E-state index in [1.54, 1.807) is 7.11 Å². The van der Waals surface area contributed by atoms with Gasteiger partial charge in [-0.25, -0.2) is 4.79 Å². The average molecular weight is 665 g/mol.